The summed E-state index contributed by atoms with van der Waals surface area (Å²) in [6, 6.07) is 10.4. The second kappa shape index (κ2) is 8.69. The summed E-state index contributed by atoms with van der Waals surface area (Å²) in [6.45, 7) is 4.61. The fourth-order valence-electron chi connectivity index (χ4n) is 4.08. The lowest BCUT2D eigenvalue weighted by atomic mass is 9.93. The highest BCUT2D eigenvalue weighted by molar-refractivity contribution is 5.91. The Morgan fingerprint density at radius 2 is 2.21 bits per heavy atom. The number of piperidine rings is 1. The van der Waals surface area contributed by atoms with Gasteiger partial charge in [-0.2, -0.15) is 0 Å². The number of nitrogens with zero attached hydrogens (tertiary/aromatic N) is 3. The van der Waals surface area contributed by atoms with E-state index in [2.05, 4.69) is 26.6 Å². The Morgan fingerprint density at radius 3 is 3.07 bits per heavy atom. The molecule has 1 saturated heterocycles. The van der Waals surface area contributed by atoms with E-state index in [1.807, 2.05) is 12.1 Å². The molecule has 1 atom stereocenters. The highest BCUT2D eigenvalue weighted by Gasteiger charge is 2.22. The highest BCUT2D eigenvalue weighted by atomic mass is 19.1. The van der Waals surface area contributed by atoms with Crippen LogP contribution in [0.3, 0.4) is 0 Å². The minimum absolute atomic E-state index is 0.0183. The summed E-state index contributed by atoms with van der Waals surface area (Å²) >= 11 is 0. The number of nitrogens with one attached hydrogen (secondary N) is 1. The lowest BCUT2D eigenvalue weighted by Crippen LogP contribution is -2.35. The number of likely N-dealkylation sites (tertiary alicyclic amines) is 1. The fraction of sp³-hybridized carbons (Fsp3) is 0.409. The maximum Gasteiger partial charge on any atom is 0.224 e. The molecule has 4 rings (SSSR count). The minimum atomic E-state index is -0.292. The van der Waals surface area contributed by atoms with Gasteiger partial charge in [0.2, 0.25) is 5.91 Å². The molecular formula is C22H25FN4O2. The molecule has 6 nitrogen and oxygen atoms in total. The first kappa shape index (κ1) is 19.5. The molecule has 1 amide bonds. The van der Waals surface area contributed by atoms with Crippen molar-refractivity contribution in [1.82, 2.24) is 15.2 Å². The molecule has 1 aliphatic rings. The van der Waals surface area contributed by atoms with Gasteiger partial charge in [0.1, 0.15) is 16.9 Å². The van der Waals surface area contributed by atoms with E-state index in [-0.39, 0.29) is 11.7 Å². The summed E-state index contributed by atoms with van der Waals surface area (Å²) in [7, 11) is 0. The van der Waals surface area contributed by atoms with Crippen LogP contribution in [0, 0.1) is 18.7 Å². The van der Waals surface area contributed by atoms with E-state index in [4.69, 9.17) is 4.63 Å². The van der Waals surface area contributed by atoms with Gasteiger partial charge in [0, 0.05) is 25.2 Å². The van der Waals surface area contributed by atoms with Gasteiger partial charge in [0.25, 0.3) is 0 Å². The minimum Gasteiger partial charge on any atom is -0.326 e. The first-order valence-corrected chi connectivity index (χ1v) is 10.1. The number of amides is 1. The Kier molecular flexibility index (Phi) is 5.85. The molecule has 0 radical (unpaired) electrons. The number of benzene rings is 2. The lowest BCUT2D eigenvalue weighted by molar-refractivity contribution is -0.116. The predicted octanol–water partition coefficient (Wildman–Crippen LogP) is 4.30. The second-order valence-corrected chi connectivity index (χ2v) is 7.84. The quantitative estimate of drug-likeness (QED) is 0.673. The first-order valence-electron chi connectivity index (χ1n) is 10.1. The van der Waals surface area contributed by atoms with Crippen molar-refractivity contribution in [3.05, 3.63) is 53.3 Å². The van der Waals surface area contributed by atoms with Crippen molar-refractivity contribution in [3.63, 3.8) is 0 Å². The van der Waals surface area contributed by atoms with Crippen LogP contribution in [0.25, 0.3) is 11.0 Å². The maximum absolute atomic E-state index is 13.2. The number of hydrogen-bond donors (Lipinski definition) is 1. The zero-order chi connectivity index (χ0) is 20.2. The van der Waals surface area contributed by atoms with Gasteiger partial charge in [-0.15, -0.1) is 0 Å². The smallest absolute Gasteiger partial charge is 0.224 e. The van der Waals surface area contributed by atoms with Gasteiger partial charge in [-0.25, -0.2) is 9.02 Å². The van der Waals surface area contributed by atoms with Crippen LogP contribution in [-0.4, -0.2) is 34.2 Å². The van der Waals surface area contributed by atoms with Gasteiger partial charge in [-0.05, 0) is 84.4 Å². The van der Waals surface area contributed by atoms with Crippen LogP contribution in [0.5, 0.6) is 0 Å². The van der Waals surface area contributed by atoms with Gasteiger partial charge in [0.05, 0.1) is 0 Å². The Morgan fingerprint density at radius 1 is 1.31 bits per heavy atom. The number of aryl methyl sites for hydroxylation is 1. The molecular weight excluding hydrogens is 371 g/mol. The number of fused-ring (bicyclic) bond motifs is 1. The third-order valence-corrected chi connectivity index (χ3v) is 5.61. The van der Waals surface area contributed by atoms with Crippen molar-refractivity contribution < 1.29 is 13.8 Å². The maximum atomic E-state index is 13.2. The van der Waals surface area contributed by atoms with Crippen molar-refractivity contribution >= 4 is 22.6 Å². The van der Waals surface area contributed by atoms with E-state index in [1.165, 1.54) is 12.1 Å². The molecule has 0 bridgehead atoms. The summed E-state index contributed by atoms with van der Waals surface area (Å²) in [4.78, 5) is 14.8. The molecule has 3 aromatic rings. The molecule has 0 saturated carbocycles. The number of halogens is 1. The van der Waals surface area contributed by atoms with Crippen molar-refractivity contribution in [3.8, 4) is 0 Å². The Balaban J connectivity index is 1.29. The summed E-state index contributed by atoms with van der Waals surface area (Å²) < 4.78 is 18.1. The Labute approximate surface area is 169 Å². The molecule has 1 N–H and O–H groups in total. The third kappa shape index (κ3) is 4.79. The standard InChI is InChI=1S/C22H25FN4O2/c1-15-12-18(23)8-9-19(15)24-21(28)10-7-16-4-3-11-27(13-16)14-17-5-2-6-20-22(17)26-29-25-20/h2,5-6,8-9,12,16H,3-4,7,10-11,13-14H2,1H3,(H,24,28). The lowest BCUT2D eigenvalue weighted by Gasteiger charge is -2.32. The van der Waals surface area contributed by atoms with Crippen LogP contribution >= 0.6 is 0 Å². The molecule has 7 heteroatoms. The molecule has 1 aromatic heterocycles. The van der Waals surface area contributed by atoms with Crippen molar-refractivity contribution in [2.24, 2.45) is 5.92 Å². The van der Waals surface area contributed by atoms with E-state index >= 15 is 0 Å². The molecule has 152 valence electrons. The van der Waals surface area contributed by atoms with Gasteiger partial charge >= 0.3 is 0 Å². The van der Waals surface area contributed by atoms with Gasteiger partial charge in [-0.1, -0.05) is 12.1 Å². The summed E-state index contributed by atoms with van der Waals surface area (Å²) in [5, 5.41) is 10.8. The van der Waals surface area contributed by atoms with Crippen LogP contribution in [0.4, 0.5) is 10.1 Å². The topological polar surface area (TPSA) is 71.3 Å². The number of hydrogen-bond acceptors (Lipinski definition) is 5. The van der Waals surface area contributed by atoms with Crippen LogP contribution in [-0.2, 0) is 11.3 Å². The molecule has 1 aliphatic heterocycles. The number of carbonyl (C=O) groups excluding carboxylic acids is 1. The van der Waals surface area contributed by atoms with Gasteiger partial charge in [-0.3, -0.25) is 9.69 Å². The number of rotatable bonds is 6. The number of carbonyl (C=O) groups is 1. The monoisotopic (exact) mass is 396 g/mol. The molecule has 0 aliphatic carbocycles. The van der Waals surface area contributed by atoms with Gasteiger partial charge < -0.3 is 5.32 Å². The number of anilines is 1. The average Bonchev–Trinajstić information content (AvgIpc) is 3.19. The zero-order valence-electron chi connectivity index (χ0n) is 16.5. The van der Waals surface area contributed by atoms with E-state index in [1.54, 1.807) is 13.0 Å². The van der Waals surface area contributed by atoms with Crippen molar-refractivity contribution in [2.75, 3.05) is 18.4 Å². The van der Waals surface area contributed by atoms with E-state index in [9.17, 15) is 9.18 Å². The van der Waals surface area contributed by atoms with Crippen LogP contribution in [0.2, 0.25) is 0 Å². The predicted molar refractivity (Wildman–Crippen MR) is 109 cm³/mol. The van der Waals surface area contributed by atoms with Gasteiger partial charge in [0.15, 0.2) is 0 Å². The number of aromatic nitrogens is 2. The normalized spacial score (nSPS) is 17.5. The summed E-state index contributed by atoms with van der Waals surface area (Å²) in [5.41, 5.74) is 4.14. The summed E-state index contributed by atoms with van der Waals surface area (Å²) in [6.07, 6.45) is 3.57. The highest BCUT2D eigenvalue weighted by Crippen LogP contribution is 2.25. The van der Waals surface area contributed by atoms with E-state index < -0.39 is 0 Å². The SMILES string of the molecule is Cc1cc(F)ccc1NC(=O)CCC1CCCN(Cc2cccc3nonc23)C1. The molecule has 0 spiro atoms. The largest absolute Gasteiger partial charge is 0.326 e. The van der Waals surface area contributed by atoms with E-state index in [0.29, 0.717) is 18.0 Å². The third-order valence-electron chi connectivity index (χ3n) is 5.61. The zero-order valence-corrected chi connectivity index (χ0v) is 16.5. The molecule has 1 fully saturated rings. The molecule has 2 aromatic carbocycles. The molecule has 1 unspecified atom stereocenters. The average molecular weight is 396 g/mol. The molecule has 29 heavy (non-hydrogen) atoms. The van der Waals surface area contributed by atoms with Crippen molar-refractivity contribution in [2.45, 2.75) is 39.2 Å². The van der Waals surface area contributed by atoms with Crippen LogP contribution in [0.1, 0.15) is 36.8 Å². The Bertz CT molecular complexity index is 1000. The summed E-state index contributed by atoms with van der Waals surface area (Å²) in [5.74, 6) is 0.175. The van der Waals surface area contributed by atoms with E-state index in [0.717, 1.165) is 61.1 Å². The second-order valence-electron chi connectivity index (χ2n) is 7.84. The molecule has 2 heterocycles. The first-order chi connectivity index (χ1) is 14.1. The Hall–Kier alpha value is -2.80. The van der Waals surface area contributed by atoms with Crippen LogP contribution in [0.15, 0.2) is 41.0 Å². The fourth-order valence-corrected chi connectivity index (χ4v) is 4.08. The van der Waals surface area contributed by atoms with Crippen molar-refractivity contribution in [1.29, 1.82) is 0 Å². The van der Waals surface area contributed by atoms with Crippen LogP contribution < -0.4 is 5.32 Å².